The van der Waals surface area contributed by atoms with Gasteiger partial charge in [-0.15, -0.1) is 0 Å². The molecule has 2 aromatic rings. The van der Waals surface area contributed by atoms with Crippen molar-refractivity contribution in [2.75, 3.05) is 26.2 Å². The summed E-state index contributed by atoms with van der Waals surface area (Å²) < 4.78 is 2.08. The minimum atomic E-state index is -1.18. The Bertz CT molecular complexity index is 1030. The Morgan fingerprint density at radius 1 is 1.00 bits per heavy atom. The van der Waals surface area contributed by atoms with Crippen molar-refractivity contribution in [2.45, 2.75) is 43.6 Å². The molecule has 1 aromatic heterocycles. The Morgan fingerprint density at radius 3 is 2.36 bits per heavy atom. The highest BCUT2D eigenvalue weighted by Crippen LogP contribution is 2.30. The van der Waals surface area contributed by atoms with Crippen molar-refractivity contribution in [3.05, 3.63) is 58.0 Å². The fourth-order valence-corrected chi connectivity index (χ4v) is 5.20. The summed E-state index contributed by atoms with van der Waals surface area (Å²) in [6.45, 7) is 4.00. The van der Waals surface area contributed by atoms with E-state index in [1.54, 1.807) is 18.2 Å². The number of aliphatic imine (C=N–C) groups is 1. The van der Waals surface area contributed by atoms with Crippen LogP contribution in [0.15, 0.2) is 41.8 Å². The number of nitrogens with two attached hydrogens (primary N) is 1. The third kappa shape index (κ3) is 5.05. The smallest absolute Gasteiger partial charge is 0.211 e. The van der Waals surface area contributed by atoms with Gasteiger partial charge in [0.2, 0.25) is 5.79 Å². The van der Waals surface area contributed by atoms with Crippen molar-refractivity contribution in [1.29, 1.82) is 0 Å². The lowest BCUT2D eigenvalue weighted by Gasteiger charge is -2.34. The molecule has 6 N–H and O–H groups in total. The molecular weight excluding hydrogens is 459 g/mol. The Labute approximate surface area is 204 Å². The number of nitrogens with zero attached hydrogens (tertiary/aromatic N) is 3. The summed E-state index contributed by atoms with van der Waals surface area (Å²) in [6.07, 6.45) is 10.2. The molecule has 0 spiro atoms. The summed E-state index contributed by atoms with van der Waals surface area (Å²) in [5, 5.41) is 19.5. The second-order valence-electron chi connectivity index (χ2n) is 8.95. The van der Waals surface area contributed by atoms with E-state index in [-0.39, 0.29) is 0 Å². The average molecular weight is 489 g/mol. The van der Waals surface area contributed by atoms with E-state index in [4.69, 9.17) is 33.9 Å². The van der Waals surface area contributed by atoms with Gasteiger partial charge in [-0.1, -0.05) is 23.2 Å². The maximum Gasteiger partial charge on any atom is 0.211 e. The van der Waals surface area contributed by atoms with E-state index in [1.807, 2.05) is 12.4 Å². The summed E-state index contributed by atoms with van der Waals surface area (Å²) in [5.41, 5.74) is 9.39. The van der Waals surface area contributed by atoms with Crippen LogP contribution in [0.3, 0.4) is 0 Å². The van der Waals surface area contributed by atoms with Crippen LogP contribution in [0.5, 0.6) is 0 Å². The maximum atomic E-state index is 6.74. The number of benzene rings is 1. The zero-order valence-electron chi connectivity index (χ0n) is 18.5. The topological polar surface area (TPSA) is 104 Å². The first-order chi connectivity index (χ1) is 16.0. The molecular formula is C23H30Cl2N8. The van der Waals surface area contributed by atoms with Gasteiger partial charge in [0.05, 0.1) is 12.2 Å². The maximum absolute atomic E-state index is 6.74. The van der Waals surface area contributed by atoms with Gasteiger partial charge in [-0.05, 0) is 70.1 Å². The first-order valence-electron chi connectivity index (χ1n) is 11.6. The molecule has 3 aliphatic rings. The van der Waals surface area contributed by atoms with E-state index in [1.165, 1.54) is 0 Å². The second kappa shape index (κ2) is 9.64. The van der Waals surface area contributed by atoms with Crippen LogP contribution >= 0.6 is 23.2 Å². The molecule has 5 rings (SSSR count). The van der Waals surface area contributed by atoms with Crippen molar-refractivity contribution in [1.82, 2.24) is 31.0 Å². The predicted molar refractivity (Wildman–Crippen MR) is 133 cm³/mol. The minimum Gasteiger partial charge on any atom is -0.367 e. The van der Waals surface area contributed by atoms with Gasteiger partial charge in [0.1, 0.15) is 5.84 Å². The van der Waals surface area contributed by atoms with Crippen LogP contribution in [0.25, 0.3) is 5.57 Å². The molecule has 0 radical (unpaired) electrons. The Morgan fingerprint density at radius 2 is 1.67 bits per heavy atom. The van der Waals surface area contributed by atoms with E-state index >= 15 is 0 Å². The zero-order chi connectivity index (χ0) is 22.8. The second-order valence-corrected chi connectivity index (χ2v) is 9.82. The van der Waals surface area contributed by atoms with Crippen molar-refractivity contribution in [3.8, 4) is 0 Å². The van der Waals surface area contributed by atoms with Crippen molar-refractivity contribution >= 4 is 34.6 Å². The van der Waals surface area contributed by atoms with Crippen LogP contribution in [-0.2, 0) is 5.79 Å². The Kier molecular flexibility index (Phi) is 6.62. The highest BCUT2D eigenvalue weighted by atomic mass is 35.5. The van der Waals surface area contributed by atoms with E-state index in [9.17, 15) is 0 Å². The lowest BCUT2D eigenvalue weighted by molar-refractivity contribution is 0.343. The van der Waals surface area contributed by atoms with E-state index < -0.39 is 5.79 Å². The van der Waals surface area contributed by atoms with Crippen molar-refractivity contribution in [3.63, 3.8) is 0 Å². The fraction of sp³-hybridized carbons (Fsp3) is 0.478. The number of nitrogens with one attached hydrogen (secondary N) is 4. The first-order valence-corrected chi connectivity index (χ1v) is 12.3. The van der Waals surface area contributed by atoms with Crippen LogP contribution in [0, 0.1) is 0 Å². The number of rotatable bonds is 4. The van der Waals surface area contributed by atoms with Gasteiger partial charge in [0.25, 0.3) is 0 Å². The standard InChI is InChI=1S/C23H30Cl2N8/c24-17-9-16(10-18(25)11-17)23(26)29-13-21(22(32-23)31-19-1-5-27-6-2-19)15-12-30-33(14-15)20-3-7-28-8-4-20/h9-14,19-20,27-29H,1-8,26H2,(H,31,32). The highest BCUT2D eigenvalue weighted by molar-refractivity contribution is 6.34. The lowest BCUT2D eigenvalue weighted by Crippen LogP contribution is -2.52. The number of aromatic nitrogens is 2. The Balaban J connectivity index is 1.47. The lowest BCUT2D eigenvalue weighted by atomic mass is 10.0. The summed E-state index contributed by atoms with van der Waals surface area (Å²) in [6, 6.07) is 6.00. The summed E-state index contributed by atoms with van der Waals surface area (Å²) in [7, 11) is 0. The SMILES string of the molecule is NC1(c2cc(Cl)cc(Cl)c2)N=C(NC2CCNCC2)C(c2cnn(C3CCNCC3)c2)=CN1. The molecule has 4 heterocycles. The van der Waals surface area contributed by atoms with Gasteiger partial charge in [-0.3, -0.25) is 10.4 Å². The molecule has 2 fully saturated rings. The summed E-state index contributed by atoms with van der Waals surface area (Å²) in [4.78, 5) is 4.96. The van der Waals surface area contributed by atoms with E-state index in [2.05, 4.69) is 37.2 Å². The van der Waals surface area contributed by atoms with Gasteiger partial charge >= 0.3 is 0 Å². The van der Waals surface area contributed by atoms with Crippen LogP contribution in [0.2, 0.25) is 10.0 Å². The van der Waals surface area contributed by atoms with Gasteiger partial charge in [0, 0.05) is 45.2 Å². The number of hydrogen-bond donors (Lipinski definition) is 5. The molecule has 1 unspecified atom stereocenters. The normalized spacial score (nSPS) is 24.7. The monoisotopic (exact) mass is 488 g/mol. The van der Waals surface area contributed by atoms with E-state index in [0.29, 0.717) is 27.7 Å². The Hall–Kier alpha value is -2.10. The molecule has 0 amide bonds. The molecule has 1 atom stereocenters. The number of piperidine rings is 2. The van der Waals surface area contributed by atoms with Gasteiger partial charge in [-0.25, -0.2) is 4.99 Å². The highest BCUT2D eigenvalue weighted by Gasteiger charge is 2.33. The molecule has 1 aromatic carbocycles. The molecule has 3 aliphatic heterocycles. The van der Waals surface area contributed by atoms with Gasteiger partial charge < -0.3 is 21.3 Å². The predicted octanol–water partition coefficient (Wildman–Crippen LogP) is 2.57. The fourth-order valence-electron chi connectivity index (χ4n) is 4.68. The van der Waals surface area contributed by atoms with Crippen LogP contribution in [-0.4, -0.2) is 47.8 Å². The third-order valence-electron chi connectivity index (χ3n) is 6.56. The molecule has 0 bridgehead atoms. The summed E-state index contributed by atoms with van der Waals surface area (Å²) >= 11 is 12.5. The van der Waals surface area contributed by atoms with E-state index in [0.717, 1.165) is 68.8 Å². The third-order valence-corrected chi connectivity index (χ3v) is 6.99. The van der Waals surface area contributed by atoms with Crippen LogP contribution in [0.4, 0.5) is 0 Å². The zero-order valence-corrected chi connectivity index (χ0v) is 20.0. The van der Waals surface area contributed by atoms with Crippen LogP contribution in [0.1, 0.15) is 42.9 Å². The largest absolute Gasteiger partial charge is 0.367 e. The quantitative estimate of drug-likeness (QED) is 0.453. The van der Waals surface area contributed by atoms with Gasteiger partial charge in [0.15, 0.2) is 0 Å². The molecule has 0 saturated carbocycles. The average Bonchev–Trinajstić information content (AvgIpc) is 3.30. The molecule has 10 heteroatoms. The van der Waals surface area contributed by atoms with Crippen molar-refractivity contribution in [2.24, 2.45) is 10.7 Å². The molecule has 176 valence electrons. The molecule has 2 saturated heterocycles. The number of hydrogen-bond acceptors (Lipinski definition) is 7. The molecule has 33 heavy (non-hydrogen) atoms. The van der Waals surface area contributed by atoms with Crippen LogP contribution < -0.4 is 27.0 Å². The number of halogens is 2. The van der Waals surface area contributed by atoms with Crippen molar-refractivity contribution < 1.29 is 0 Å². The first kappa shape index (κ1) is 22.7. The summed E-state index contributed by atoms with van der Waals surface area (Å²) in [5.74, 6) is -0.428. The molecule has 8 nitrogen and oxygen atoms in total. The molecule has 0 aliphatic carbocycles. The van der Waals surface area contributed by atoms with Gasteiger partial charge in [-0.2, -0.15) is 5.10 Å². The minimum absolute atomic E-state index is 0.318. The number of amidine groups is 1.